The normalized spacial score (nSPS) is 11.6. The van der Waals surface area contributed by atoms with Crippen LogP contribution in [0.4, 0.5) is 11.4 Å². The first-order chi connectivity index (χ1) is 8.45. The number of nitrogens with one attached hydrogen (secondary N) is 1. The van der Waals surface area contributed by atoms with Crippen molar-refractivity contribution in [1.29, 1.82) is 0 Å². The van der Waals surface area contributed by atoms with Crippen molar-refractivity contribution in [3.05, 3.63) is 41.0 Å². The van der Waals surface area contributed by atoms with E-state index in [-0.39, 0.29) is 17.1 Å². The van der Waals surface area contributed by atoms with Crippen LogP contribution in [0.2, 0.25) is 0 Å². The summed E-state index contributed by atoms with van der Waals surface area (Å²) in [6.07, 6.45) is 1.79. The lowest BCUT2D eigenvalue weighted by atomic mass is 10.2. The van der Waals surface area contributed by atoms with E-state index in [1.165, 1.54) is 18.2 Å². The van der Waals surface area contributed by atoms with Gasteiger partial charge in [0, 0.05) is 6.07 Å². The Morgan fingerprint density at radius 3 is 2.83 bits per heavy atom. The van der Waals surface area contributed by atoms with Crippen molar-refractivity contribution in [3.8, 4) is 5.75 Å². The zero-order chi connectivity index (χ0) is 13.7. The summed E-state index contributed by atoms with van der Waals surface area (Å²) < 4.78 is 0. The Hall–Kier alpha value is -2.41. The van der Waals surface area contributed by atoms with Crippen LogP contribution in [0.3, 0.4) is 0 Å². The number of nitro groups is 1. The topological polar surface area (TPSA) is 118 Å². The van der Waals surface area contributed by atoms with Crippen LogP contribution in [0, 0.1) is 10.1 Å². The van der Waals surface area contributed by atoms with Crippen LogP contribution in [-0.4, -0.2) is 22.0 Å². The van der Waals surface area contributed by atoms with Gasteiger partial charge in [-0.25, -0.2) is 0 Å². The van der Waals surface area contributed by atoms with E-state index in [0.29, 0.717) is 6.42 Å². The lowest BCUT2D eigenvalue weighted by Crippen LogP contribution is -2.35. The molecule has 0 spiro atoms. The lowest BCUT2D eigenvalue weighted by Gasteiger charge is -2.11. The Morgan fingerprint density at radius 2 is 2.33 bits per heavy atom. The van der Waals surface area contributed by atoms with Gasteiger partial charge >= 0.3 is 0 Å². The Morgan fingerprint density at radius 1 is 1.67 bits per heavy atom. The minimum absolute atomic E-state index is 0.0742. The number of nitrogens with zero attached hydrogens (tertiary/aromatic N) is 1. The summed E-state index contributed by atoms with van der Waals surface area (Å²) in [5, 5.41) is 22.4. The van der Waals surface area contributed by atoms with Crippen molar-refractivity contribution in [2.24, 2.45) is 5.73 Å². The molecule has 18 heavy (non-hydrogen) atoms. The van der Waals surface area contributed by atoms with Gasteiger partial charge in [0.15, 0.2) is 0 Å². The molecular formula is C11H13N3O4. The molecule has 0 aromatic heterocycles. The molecule has 96 valence electrons. The summed E-state index contributed by atoms with van der Waals surface area (Å²) in [4.78, 5) is 21.4. The minimum atomic E-state index is -0.780. The van der Waals surface area contributed by atoms with Crippen LogP contribution in [0.15, 0.2) is 30.9 Å². The minimum Gasteiger partial charge on any atom is -0.506 e. The summed E-state index contributed by atoms with van der Waals surface area (Å²) in [6.45, 7) is 3.45. The SMILES string of the molecule is C=CCC(N)C(=O)Nc1ccc([N+](=O)[O-])cc1O. The Balaban J connectivity index is 2.82. The summed E-state index contributed by atoms with van der Waals surface area (Å²) in [5.74, 6) is -0.887. The molecule has 1 amide bonds. The first-order valence-electron chi connectivity index (χ1n) is 5.10. The molecule has 7 heteroatoms. The smallest absolute Gasteiger partial charge is 0.273 e. The molecule has 1 unspecified atom stereocenters. The van der Waals surface area contributed by atoms with E-state index in [1.807, 2.05) is 0 Å². The number of nitro benzene ring substituents is 1. The molecule has 0 saturated heterocycles. The van der Waals surface area contributed by atoms with Crippen molar-refractivity contribution in [3.63, 3.8) is 0 Å². The molecule has 0 aliphatic carbocycles. The molecule has 7 nitrogen and oxygen atoms in total. The molecule has 0 aliphatic rings. The molecule has 4 N–H and O–H groups in total. The van der Waals surface area contributed by atoms with E-state index in [0.717, 1.165) is 6.07 Å². The van der Waals surface area contributed by atoms with E-state index >= 15 is 0 Å². The van der Waals surface area contributed by atoms with Gasteiger partial charge in [-0.3, -0.25) is 14.9 Å². The molecule has 0 bridgehead atoms. The molecule has 0 heterocycles. The zero-order valence-corrected chi connectivity index (χ0v) is 9.50. The van der Waals surface area contributed by atoms with Crippen LogP contribution in [0.5, 0.6) is 5.75 Å². The van der Waals surface area contributed by atoms with Gasteiger partial charge in [0.1, 0.15) is 5.75 Å². The van der Waals surface area contributed by atoms with Crippen LogP contribution >= 0.6 is 0 Å². The molecule has 0 aliphatic heterocycles. The molecule has 0 fully saturated rings. The highest BCUT2D eigenvalue weighted by molar-refractivity contribution is 5.96. The third-order valence-electron chi connectivity index (χ3n) is 2.21. The molecule has 1 aromatic rings. The van der Waals surface area contributed by atoms with Gasteiger partial charge in [-0.05, 0) is 12.5 Å². The number of phenols is 1. The fourth-order valence-corrected chi connectivity index (χ4v) is 1.25. The standard InChI is InChI=1S/C11H13N3O4/c1-2-3-8(12)11(16)13-9-5-4-7(14(17)18)6-10(9)15/h2,4-6,8,15H,1,3,12H2,(H,13,16). The number of carbonyl (C=O) groups is 1. The largest absolute Gasteiger partial charge is 0.506 e. The lowest BCUT2D eigenvalue weighted by molar-refractivity contribution is -0.384. The second-order valence-electron chi connectivity index (χ2n) is 3.58. The number of aromatic hydroxyl groups is 1. The number of carbonyl (C=O) groups excluding carboxylic acids is 1. The first-order valence-corrected chi connectivity index (χ1v) is 5.10. The fourth-order valence-electron chi connectivity index (χ4n) is 1.25. The molecule has 1 atom stereocenters. The second kappa shape index (κ2) is 5.78. The number of hydrogen-bond acceptors (Lipinski definition) is 5. The quantitative estimate of drug-likeness (QED) is 0.314. The highest BCUT2D eigenvalue weighted by atomic mass is 16.6. The summed E-state index contributed by atoms with van der Waals surface area (Å²) >= 11 is 0. The Bertz CT molecular complexity index is 487. The molecule has 1 aromatic carbocycles. The van der Waals surface area contributed by atoms with E-state index in [2.05, 4.69) is 11.9 Å². The van der Waals surface area contributed by atoms with Crippen molar-refractivity contribution in [1.82, 2.24) is 0 Å². The molecule has 0 radical (unpaired) electrons. The van der Waals surface area contributed by atoms with Gasteiger partial charge in [0.05, 0.1) is 22.7 Å². The summed E-state index contributed by atoms with van der Waals surface area (Å²) in [7, 11) is 0. The number of hydrogen-bond donors (Lipinski definition) is 3. The van der Waals surface area contributed by atoms with Crippen molar-refractivity contribution in [2.75, 3.05) is 5.32 Å². The van der Waals surface area contributed by atoms with Crippen molar-refractivity contribution in [2.45, 2.75) is 12.5 Å². The predicted molar refractivity (Wildman–Crippen MR) is 66.2 cm³/mol. The van der Waals surface area contributed by atoms with Gasteiger partial charge in [-0.1, -0.05) is 6.08 Å². The third kappa shape index (κ3) is 3.29. The number of phenolic OH excluding ortho intramolecular Hbond substituents is 1. The predicted octanol–water partition coefficient (Wildman–Crippen LogP) is 1.14. The van der Waals surface area contributed by atoms with Crippen LogP contribution < -0.4 is 11.1 Å². The van der Waals surface area contributed by atoms with Gasteiger partial charge in [0.25, 0.3) is 5.69 Å². The third-order valence-corrected chi connectivity index (χ3v) is 2.21. The number of benzene rings is 1. The number of anilines is 1. The summed E-state index contributed by atoms with van der Waals surface area (Å²) in [6, 6.07) is 2.59. The van der Waals surface area contributed by atoms with E-state index in [9.17, 15) is 20.0 Å². The van der Waals surface area contributed by atoms with E-state index in [4.69, 9.17) is 5.73 Å². The molecular weight excluding hydrogens is 238 g/mol. The van der Waals surface area contributed by atoms with Crippen molar-refractivity contribution >= 4 is 17.3 Å². The van der Waals surface area contributed by atoms with E-state index in [1.54, 1.807) is 0 Å². The maximum absolute atomic E-state index is 11.5. The van der Waals surface area contributed by atoms with Crippen LogP contribution in [0.25, 0.3) is 0 Å². The maximum atomic E-state index is 11.5. The van der Waals surface area contributed by atoms with Gasteiger partial charge in [-0.15, -0.1) is 6.58 Å². The monoisotopic (exact) mass is 251 g/mol. The Labute approximate surface area is 103 Å². The van der Waals surface area contributed by atoms with Crippen LogP contribution in [0.1, 0.15) is 6.42 Å². The molecule has 0 saturated carbocycles. The fraction of sp³-hybridized carbons (Fsp3) is 0.182. The number of non-ortho nitro benzene ring substituents is 1. The highest BCUT2D eigenvalue weighted by Crippen LogP contribution is 2.27. The van der Waals surface area contributed by atoms with E-state index < -0.39 is 16.9 Å². The first kappa shape index (κ1) is 13.7. The number of nitrogens with two attached hydrogens (primary N) is 1. The number of amides is 1. The average molecular weight is 251 g/mol. The average Bonchev–Trinajstić information content (AvgIpc) is 2.31. The highest BCUT2D eigenvalue weighted by Gasteiger charge is 2.15. The molecule has 1 rings (SSSR count). The number of rotatable bonds is 5. The van der Waals surface area contributed by atoms with Gasteiger partial charge in [-0.2, -0.15) is 0 Å². The van der Waals surface area contributed by atoms with Gasteiger partial charge in [0.2, 0.25) is 5.91 Å². The maximum Gasteiger partial charge on any atom is 0.273 e. The van der Waals surface area contributed by atoms with Crippen LogP contribution in [-0.2, 0) is 4.79 Å². The Kier molecular flexibility index (Phi) is 4.39. The van der Waals surface area contributed by atoms with Gasteiger partial charge < -0.3 is 16.2 Å². The summed E-state index contributed by atoms with van der Waals surface area (Å²) in [5.41, 5.74) is 5.34. The van der Waals surface area contributed by atoms with Crippen molar-refractivity contribution < 1.29 is 14.8 Å². The second-order valence-corrected chi connectivity index (χ2v) is 3.58. The zero-order valence-electron chi connectivity index (χ0n) is 9.50.